The molecule has 0 aromatic heterocycles. The van der Waals surface area contributed by atoms with E-state index in [-0.39, 0.29) is 17.3 Å². The summed E-state index contributed by atoms with van der Waals surface area (Å²) >= 11 is 0. The van der Waals surface area contributed by atoms with Gasteiger partial charge in [-0.1, -0.05) is 24.3 Å². The maximum absolute atomic E-state index is 12.6. The Kier molecular flexibility index (Phi) is 3.83. The maximum Gasteiger partial charge on any atom is 0.337 e. The molecule has 1 spiro atoms. The second-order valence-corrected chi connectivity index (χ2v) is 7.14. The fourth-order valence-electron chi connectivity index (χ4n) is 4.20. The molecule has 4 rings (SSSR count). The quantitative estimate of drug-likeness (QED) is 0.791. The van der Waals surface area contributed by atoms with Crippen molar-refractivity contribution in [2.75, 3.05) is 18.6 Å². The summed E-state index contributed by atoms with van der Waals surface area (Å²) in [6.45, 7) is 0.748. The van der Waals surface area contributed by atoms with Crippen molar-refractivity contribution in [3.8, 4) is 0 Å². The Balaban J connectivity index is 1.61. The molecule has 0 radical (unpaired) electrons. The van der Waals surface area contributed by atoms with Crippen LogP contribution in [0.3, 0.4) is 0 Å². The van der Waals surface area contributed by atoms with Gasteiger partial charge in [0.2, 0.25) is 5.91 Å². The standard InChI is InChI=1S/C21H21NO3/c1-25-20(24)16-8-7-15-9-10-21(12-17(15)11-16)13-19(23)22(14-21)18-5-3-2-4-6-18/h2-8,11H,9-10,12-14H2,1H3/t21-/m0/s1. The van der Waals surface area contributed by atoms with Gasteiger partial charge in [0.15, 0.2) is 0 Å². The molecule has 25 heavy (non-hydrogen) atoms. The van der Waals surface area contributed by atoms with E-state index in [2.05, 4.69) is 0 Å². The molecule has 2 aromatic rings. The Morgan fingerprint density at radius 3 is 2.64 bits per heavy atom. The number of fused-ring (bicyclic) bond motifs is 1. The van der Waals surface area contributed by atoms with Gasteiger partial charge in [-0.05, 0) is 54.7 Å². The highest BCUT2D eigenvalue weighted by Crippen LogP contribution is 2.44. The molecule has 0 saturated carbocycles. The van der Waals surface area contributed by atoms with Gasteiger partial charge in [0.25, 0.3) is 0 Å². The number of carbonyl (C=O) groups excluding carboxylic acids is 2. The third-order valence-corrected chi connectivity index (χ3v) is 5.51. The van der Waals surface area contributed by atoms with E-state index in [0.29, 0.717) is 12.0 Å². The second kappa shape index (κ2) is 6.03. The van der Waals surface area contributed by atoms with Crippen molar-refractivity contribution in [1.29, 1.82) is 0 Å². The van der Waals surface area contributed by atoms with Crippen molar-refractivity contribution in [2.24, 2.45) is 5.41 Å². The highest BCUT2D eigenvalue weighted by Gasteiger charge is 2.45. The van der Waals surface area contributed by atoms with Crippen LogP contribution < -0.4 is 4.90 Å². The molecule has 1 heterocycles. The minimum atomic E-state index is -0.309. The molecule has 1 amide bonds. The fraction of sp³-hybridized carbons (Fsp3) is 0.333. The number of ether oxygens (including phenoxy) is 1. The van der Waals surface area contributed by atoms with Crippen molar-refractivity contribution >= 4 is 17.6 Å². The van der Waals surface area contributed by atoms with Crippen molar-refractivity contribution < 1.29 is 14.3 Å². The van der Waals surface area contributed by atoms with Crippen LogP contribution in [0.15, 0.2) is 48.5 Å². The average Bonchev–Trinajstić information content (AvgIpc) is 2.96. The van der Waals surface area contributed by atoms with Gasteiger partial charge < -0.3 is 9.64 Å². The largest absolute Gasteiger partial charge is 0.465 e. The molecule has 4 nitrogen and oxygen atoms in total. The molecule has 0 unspecified atom stereocenters. The van der Waals surface area contributed by atoms with Gasteiger partial charge in [0.05, 0.1) is 12.7 Å². The average molecular weight is 335 g/mol. The lowest BCUT2D eigenvalue weighted by Gasteiger charge is -2.34. The third kappa shape index (κ3) is 2.82. The summed E-state index contributed by atoms with van der Waals surface area (Å²) < 4.78 is 4.83. The van der Waals surface area contributed by atoms with E-state index in [0.717, 1.165) is 31.5 Å². The van der Waals surface area contributed by atoms with Crippen LogP contribution in [0.4, 0.5) is 5.69 Å². The zero-order valence-corrected chi connectivity index (χ0v) is 14.3. The number of methoxy groups -OCH3 is 1. The fourth-order valence-corrected chi connectivity index (χ4v) is 4.20. The lowest BCUT2D eigenvalue weighted by Crippen LogP contribution is -2.33. The SMILES string of the molecule is COC(=O)c1ccc2c(c1)C[C@@]1(CC2)CC(=O)N(c2ccccc2)C1. The number of rotatable bonds is 2. The highest BCUT2D eigenvalue weighted by atomic mass is 16.5. The number of para-hydroxylation sites is 1. The van der Waals surface area contributed by atoms with Crippen LogP contribution in [0.5, 0.6) is 0 Å². The topological polar surface area (TPSA) is 46.6 Å². The lowest BCUT2D eigenvalue weighted by molar-refractivity contribution is -0.117. The minimum Gasteiger partial charge on any atom is -0.465 e. The van der Waals surface area contributed by atoms with Crippen LogP contribution in [0.2, 0.25) is 0 Å². The van der Waals surface area contributed by atoms with E-state index < -0.39 is 0 Å². The number of benzene rings is 2. The highest BCUT2D eigenvalue weighted by molar-refractivity contribution is 5.96. The van der Waals surface area contributed by atoms with Crippen LogP contribution >= 0.6 is 0 Å². The number of hydrogen-bond donors (Lipinski definition) is 0. The van der Waals surface area contributed by atoms with E-state index in [4.69, 9.17) is 4.74 Å². The Bertz CT molecular complexity index is 830. The summed E-state index contributed by atoms with van der Waals surface area (Å²) in [5.41, 5.74) is 3.98. The van der Waals surface area contributed by atoms with Crippen molar-refractivity contribution in [1.82, 2.24) is 0 Å². The van der Waals surface area contributed by atoms with Crippen molar-refractivity contribution in [2.45, 2.75) is 25.7 Å². The molecule has 0 N–H and O–H groups in total. The van der Waals surface area contributed by atoms with Crippen molar-refractivity contribution in [3.63, 3.8) is 0 Å². The van der Waals surface area contributed by atoms with Gasteiger partial charge in [-0.3, -0.25) is 4.79 Å². The van der Waals surface area contributed by atoms with Gasteiger partial charge in [0.1, 0.15) is 0 Å². The molecule has 1 saturated heterocycles. The van der Waals surface area contributed by atoms with E-state index in [1.54, 1.807) is 0 Å². The Morgan fingerprint density at radius 1 is 1.08 bits per heavy atom. The Labute approximate surface area is 147 Å². The molecule has 1 fully saturated rings. The molecular weight excluding hydrogens is 314 g/mol. The van der Waals surface area contributed by atoms with Crippen LogP contribution in [0.25, 0.3) is 0 Å². The predicted molar refractivity (Wildman–Crippen MR) is 95.7 cm³/mol. The molecule has 4 heteroatoms. The molecule has 2 aromatic carbocycles. The monoisotopic (exact) mass is 335 g/mol. The van der Waals surface area contributed by atoms with E-state index in [1.165, 1.54) is 18.2 Å². The zero-order valence-electron chi connectivity index (χ0n) is 14.3. The molecule has 1 aliphatic heterocycles. The van der Waals surface area contributed by atoms with Gasteiger partial charge in [-0.25, -0.2) is 4.79 Å². The van der Waals surface area contributed by atoms with Crippen LogP contribution in [-0.4, -0.2) is 25.5 Å². The van der Waals surface area contributed by atoms with E-state index in [9.17, 15) is 9.59 Å². The minimum absolute atomic E-state index is 0.0331. The molecule has 1 aliphatic carbocycles. The van der Waals surface area contributed by atoms with Crippen LogP contribution in [0, 0.1) is 5.41 Å². The zero-order chi connectivity index (χ0) is 17.4. The number of hydrogen-bond acceptors (Lipinski definition) is 3. The summed E-state index contributed by atoms with van der Waals surface area (Å²) in [6.07, 6.45) is 3.37. The van der Waals surface area contributed by atoms with Gasteiger partial charge in [-0.2, -0.15) is 0 Å². The van der Waals surface area contributed by atoms with Crippen molar-refractivity contribution in [3.05, 3.63) is 65.2 Å². The summed E-state index contributed by atoms with van der Waals surface area (Å²) in [5, 5.41) is 0. The molecule has 2 aliphatic rings. The summed E-state index contributed by atoms with van der Waals surface area (Å²) in [7, 11) is 1.40. The first-order chi connectivity index (χ1) is 12.1. The van der Waals surface area contributed by atoms with Gasteiger partial charge in [-0.15, -0.1) is 0 Å². The first kappa shape index (κ1) is 15.9. The second-order valence-electron chi connectivity index (χ2n) is 7.14. The summed E-state index contributed by atoms with van der Waals surface area (Å²) in [4.78, 5) is 26.4. The molecular formula is C21H21NO3. The van der Waals surface area contributed by atoms with E-state index >= 15 is 0 Å². The van der Waals surface area contributed by atoms with Gasteiger partial charge in [0, 0.05) is 24.1 Å². The van der Waals surface area contributed by atoms with Crippen LogP contribution in [-0.2, 0) is 22.4 Å². The summed E-state index contributed by atoms with van der Waals surface area (Å²) in [6, 6.07) is 15.7. The normalized spacial score (nSPS) is 22.1. The number of carbonyl (C=O) groups is 2. The Hall–Kier alpha value is -2.62. The summed E-state index contributed by atoms with van der Waals surface area (Å²) in [5.74, 6) is -0.116. The number of aryl methyl sites for hydroxylation is 1. The molecule has 1 atom stereocenters. The number of amides is 1. The first-order valence-electron chi connectivity index (χ1n) is 8.66. The molecule has 128 valence electrons. The predicted octanol–water partition coefficient (Wildman–Crippen LogP) is 3.39. The maximum atomic E-state index is 12.6. The number of esters is 1. The Morgan fingerprint density at radius 2 is 1.88 bits per heavy atom. The number of anilines is 1. The third-order valence-electron chi connectivity index (χ3n) is 5.51. The molecule has 0 bridgehead atoms. The smallest absolute Gasteiger partial charge is 0.337 e. The van der Waals surface area contributed by atoms with E-state index in [1.807, 2.05) is 53.4 Å². The van der Waals surface area contributed by atoms with Gasteiger partial charge >= 0.3 is 5.97 Å². The first-order valence-corrected chi connectivity index (χ1v) is 8.66. The van der Waals surface area contributed by atoms with Crippen LogP contribution in [0.1, 0.15) is 34.3 Å². The lowest BCUT2D eigenvalue weighted by atomic mass is 9.70. The number of nitrogens with zero attached hydrogens (tertiary/aromatic N) is 1.